The molecule has 0 aliphatic heterocycles. The molecule has 1 heterocycles. The van der Waals surface area contributed by atoms with Gasteiger partial charge >= 0.3 is 12.1 Å². The number of ether oxygens (including phenoxy) is 1. The molecule has 0 saturated heterocycles. The van der Waals surface area contributed by atoms with Crippen LogP contribution in [0.3, 0.4) is 0 Å². The predicted octanol–water partition coefficient (Wildman–Crippen LogP) is 3.56. The molecule has 0 bridgehead atoms. The van der Waals surface area contributed by atoms with Crippen LogP contribution in [0.25, 0.3) is 11.1 Å². The van der Waals surface area contributed by atoms with Crippen LogP contribution >= 0.6 is 15.9 Å². The summed E-state index contributed by atoms with van der Waals surface area (Å²) in [6, 6.07) is 14.4. The van der Waals surface area contributed by atoms with Crippen molar-refractivity contribution in [3.8, 4) is 11.1 Å². The van der Waals surface area contributed by atoms with Gasteiger partial charge in [-0.25, -0.2) is 14.8 Å². The van der Waals surface area contributed by atoms with Crippen LogP contribution < -0.4 is 10.6 Å². The van der Waals surface area contributed by atoms with Crippen molar-refractivity contribution in [3.05, 3.63) is 76.7 Å². The summed E-state index contributed by atoms with van der Waals surface area (Å²) in [7, 11) is 0. The maximum atomic E-state index is 12.5. The van der Waals surface area contributed by atoms with Gasteiger partial charge in [0.15, 0.2) is 5.82 Å². The van der Waals surface area contributed by atoms with Gasteiger partial charge < -0.3 is 20.5 Å². The largest absolute Gasteiger partial charge is 0.481 e. The number of aliphatic carboxylic acids is 1. The van der Waals surface area contributed by atoms with Gasteiger partial charge in [0, 0.05) is 5.92 Å². The van der Waals surface area contributed by atoms with E-state index in [4.69, 9.17) is 9.84 Å². The van der Waals surface area contributed by atoms with Crippen molar-refractivity contribution in [2.45, 2.75) is 18.4 Å². The van der Waals surface area contributed by atoms with Crippen LogP contribution in [0, 0.1) is 0 Å². The summed E-state index contributed by atoms with van der Waals surface area (Å²) in [4.78, 5) is 44.1. The Labute approximate surface area is 197 Å². The number of carboxylic acid groups (broad SMARTS) is 1. The molecule has 4 rings (SSSR count). The number of carbonyl (C=O) groups is 3. The van der Waals surface area contributed by atoms with Crippen LogP contribution in [-0.4, -0.2) is 45.7 Å². The first-order valence-corrected chi connectivity index (χ1v) is 10.8. The number of halogens is 1. The van der Waals surface area contributed by atoms with E-state index in [0.717, 1.165) is 22.3 Å². The number of hydrogen-bond donors (Lipinski definition) is 3. The molecule has 1 unspecified atom stereocenters. The van der Waals surface area contributed by atoms with Crippen molar-refractivity contribution in [2.24, 2.45) is 0 Å². The van der Waals surface area contributed by atoms with Crippen molar-refractivity contribution in [1.29, 1.82) is 0 Å². The van der Waals surface area contributed by atoms with Gasteiger partial charge in [0.25, 0.3) is 0 Å². The van der Waals surface area contributed by atoms with E-state index in [1.807, 2.05) is 48.5 Å². The fraction of sp³-hybridized carbons (Fsp3) is 0.174. The zero-order chi connectivity index (χ0) is 23.4. The molecule has 10 heteroatoms. The molecule has 168 valence electrons. The number of benzene rings is 2. The summed E-state index contributed by atoms with van der Waals surface area (Å²) < 4.78 is 5.88. The number of carboxylic acids is 1. The first kappa shape index (κ1) is 22.4. The van der Waals surface area contributed by atoms with E-state index in [0.29, 0.717) is 4.60 Å². The molecule has 0 radical (unpaired) electrons. The van der Waals surface area contributed by atoms with Gasteiger partial charge in [0.2, 0.25) is 5.91 Å². The summed E-state index contributed by atoms with van der Waals surface area (Å²) in [6.07, 6.45) is 1.16. The lowest BCUT2D eigenvalue weighted by Gasteiger charge is -2.18. The molecule has 0 saturated carbocycles. The number of rotatable bonds is 7. The lowest BCUT2D eigenvalue weighted by molar-refractivity contribution is -0.139. The second-order valence-corrected chi connectivity index (χ2v) is 8.15. The zero-order valence-electron chi connectivity index (χ0n) is 17.2. The second kappa shape index (κ2) is 9.78. The molecule has 2 amide bonds. The molecule has 0 spiro atoms. The van der Waals surface area contributed by atoms with Crippen LogP contribution in [0.4, 0.5) is 10.6 Å². The highest BCUT2D eigenvalue weighted by Gasteiger charge is 2.30. The Bertz CT molecular complexity index is 1160. The molecular weight excluding hydrogens is 492 g/mol. The first-order chi connectivity index (χ1) is 15.9. The minimum absolute atomic E-state index is 0.0411. The normalized spacial score (nSPS) is 12.9. The van der Waals surface area contributed by atoms with Crippen molar-refractivity contribution in [1.82, 2.24) is 15.3 Å². The Balaban J connectivity index is 1.42. The van der Waals surface area contributed by atoms with Gasteiger partial charge in [0.05, 0.1) is 18.8 Å². The van der Waals surface area contributed by atoms with Gasteiger partial charge in [-0.2, -0.15) is 0 Å². The summed E-state index contributed by atoms with van der Waals surface area (Å²) in [5, 5.41) is 13.9. The summed E-state index contributed by atoms with van der Waals surface area (Å²) in [5.74, 6) is -2.04. The molecule has 3 aromatic rings. The Hall–Kier alpha value is -3.79. The Kier molecular flexibility index (Phi) is 6.64. The molecule has 1 aromatic heterocycles. The Morgan fingerprint density at radius 3 is 2.21 bits per heavy atom. The number of amides is 2. The molecule has 3 N–H and O–H groups in total. The van der Waals surface area contributed by atoms with Crippen molar-refractivity contribution >= 4 is 39.7 Å². The third kappa shape index (κ3) is 5.17. The lowest BCUT2D eigenvalue weighted by atomic mass is 9.98. The summed E-state index contributed by atoms with van der Waals surface area (Å²) in [5.41, 5.74) is 4.25. The zero-order valence-corrected chi connectivity index (χ0v) is 18.8. The third-order valence-electron chi connectivity index (χ3n) is 5.20. The monoisotopic (exact) mass is 510 g/mol. The maximum absolute atomic E-state index is 12.5. The fourth-order valence-corrected chi connectivity index (χ4v) is 3.96. The lowest BCUT2D eigenvalue weighted by Crippen LogP contribution is -2.45. The average molecular weight is 511 g/mol. The Morgan fingerprint density at radius 2 is 1.64 bits per heavy atom. The van der Waals surface area contributed by atoms with E-state index < -0.39 is 30.4 Å². The minimum Gasteiger partial charge on any atom is -0.481 e. The number of anilines is 1. The molecule has 9 nitrogen and oxygen atoms in total. The van der Waals surface area contributed by atoms with Gasteiger partial charge in [0.1, 0.15) is 17.3 Å². The van der Waals surface area contributed by atoms with E-state index in [1.54, 1.807) is 0 Å². The van der Waals surface area contributed by atoms with Crippen LogP contribution in [0.15, 0.2) is 65.5 Å². The topological polar surface area (TPSA) is 131 Å². The van der Waals surface area contributed by atoms with E-state index in [9.17, 15) is 14.4 Å². The van der Waals surface area contributed by atoms with Crippen molar-refractivity contribution < 1.29 is 24.2 Å². The molecule has 1 aliphatic carbocycles. The number of hydrogen-bond acceptors (Lipinski definition) is 6. The average Bonchev–Trinajstić information content (AvgIpc) is 3.12. The SMILES string of the molecule is O=C(O)CC(NC(=O)OCC1c2ccccc2-c2ccccc21)C(=O)Nc1cnc(Br)cn1. The van der Waals surface area contributed by atoms with Gasteiger partial charge in [-0.05, 0) is 38.2 Å². The van der Waals surface area contributed by atoms with Crippen LogP contribution in [0.5, 0.6) is 0 Å². The van der Waals surface area contributed by atoms with Crippen molar-refractivity contribution in [3.63, 3.8) is 0 Å². The standard InChI is InChI=1S/C23H19BrN4O5/c24-19-10-26-20(11-25-19)28-22(31)18(9-21(29)30)27-23(32)33-12-17-15-7-3-1-5-13(15)14-6-2-4-8-16(14)17/h1-8,10-11,17-18H,9,12H2,(H,27,32)(H,29,30)(H,26,28,31). The van der Waals surface area contributed by atoms with Gasteiger partial charge in [-0.3, -0.25) is 9.59 Å². The number of carbonyl (C=O) groups excluding carboxylic acids is 2. The van der Waals surface area contributed by atoms with Crippen LogP contribution in [0.1, 0.15) is 23.5 Å². The quantitative estimate of drug-likeness (QED) is 0.442. The molecule has 0 fully saturated rings. The molecule has 1 aliphatic rings. The number of nitrogens with one attached hydrogen (secondary N) is 2. The van der Waals surface area contributed by atoms with Crippen molar-refractivity contribution in [2.75, 3.05) is 11.9 Å². The Morgan fingerprint density at radius 1 is 1.00 bits per heavy atom. The number of fused-ring (bicyclic) bond motifs is 3. The number of nitrogens with zero attached hydrogens (tertiary/aromatic N) is 2. The highest BCUT2D eigenvalue weighted by molar-refractivity contribution is 9.10. The maximum Gasteiger partial charge on any atom is 0.407 e. The van der Waals surface area contributed by atoms with E-state index in [2.05, 4.69) is 36.5 Å². The van der Waals surface area contributed by atoms with Gasteiger partial charge in [-0.1, -0.05) is 48.5 Å². The van der Waals surface area contributed by atoms with Gasteiger partial charge in [-0.15, -0.1) is 0 Å². The second-order valence-electron chi connectivity index (χ2n) is 7.33. The highest BCUT2D eigenvalue weighted by Crippen LogP contribution is 2.44. The predicted molar refractivity (Wildman–Crippen MR) is 123 cm³/mol. The fourth-order valence-electron chi connectivity index (χ4n) is 3.76. The van der Waals surface area contributed by atoms with Crippen LogP contribution in [0.2, 0.25) is 0 Å². The highest BCUT2D eigenvalue weighted by atomic mass is 79.9. The van der Waals surface area contributed by atoms with E-state index in [-0.39, 0.29) is 18.3 Å². The number of aromatic nitrogens is 2. The third-order valence-corrected chi connectivity index (χ3v) is 5.61. The molecule has 33 heavy (non-hydrogen) atoms. The molecule has 1 atom stereocenters. The van der Waals surface area contributed by atoms with E-state index >= 15 is 0 Å². The minimum atomic E-state index is -1.36. The summed E-state index contributed by atoms with van der Waals surface area (Å²) >= 11 is 3.13. The van der Waals surface area contributed by atoms with Crippen LogP contribution in [-0.2, 0) is 14.3 Å². The number of alkyl carbamates (subject to hydrolysis) is 1. The first-order valence-electron chi connectivity index (χ1n) is 10.0. The smallest absolute Gasteiger partial charge is 0.407 e. The molecule has 2 aromatic carbocycles. The van der Waals surface area contributed by atoms with E-state index in [1.165, 1.54) is 12.4 Å². The molecular formula is C23H19BrN4O5. The summed E-state index contributed by atoms with van der Waals surface area (Å²) in [6.45, 7) is 0.0411.